The Bertz CT molecular complexity index is 153. The van der Waals surface area contributed by atoms with Crippen LogP contribution in [0.25, 0.3) is 0 Å². The third kappa shape index (κ3) is 9.64. The van der Waals surface area contributed by atoms with Gasteiger partial charge in [0.15, 0.2) is 0 Å². The van der Waals surface area contributed by atoms with Gasteiger partial charge in [0.05, 0.1) is 0 Å². The second-order valence-electron chi connectivity index (χ2n) is 6.44. The number of nitrogens with zero attached hydrogens (tertiary/aromatic N) is 1. The summed E-state index contributed by atoms with van der Waals surface area (Å²) in [5.74, 6) is 1.57. The maximum Gasteiger partial charge on any atom is 0.00671 e. The molecular weight excluding hydrogens is 206 g/mol. The van der Waals surface area contributed by atoms with Gasteiger partial charge in [-0.15, -0.1) is 0 Å². The van der Waals surface area contributed by atoms with Gasteiger partial charge in [0.25, 0.3) is 0 Å². The Morgan fingerprint density at radius 1 is 0.765 bits per heavy atom. The van der Waals surface area contributed by atoms with Gasteiger partial charge in [0.2, 0.25) is 0 Å². The predicted molar refractivity (Wildman–Crippen MR) is 79.5 cm³/mol. The molecular formula is C16H35N. The Hall–Kier alpha value is -0.0400. The van der Waals surface area contributed by atoms with E-state index in [0.29, 0.717) is 0 Å². The maximum atomic E-state index is 2.70. The number of rotatable bonds is 10. The summed E-state index contributed by atoms with van der Waals surface area (Å²) in [4.78, 5) is 2.70. The highest BCUT2D eigenvalue weighted by atomic mass is 15.1. The molecule has 0 aromatic carbocycles. The first-order valence-corrected chi connectivity index (χ1v) is 7.71. The van der Waals surface area contributed by atoms with Crippen LogP contribution in [0.5, 0.6) is 0 Å². The van der Waals surface area contributed by atoms with Crippen LogP contribution in [0.1, 0.15) is 73.6 Å². The topological polar surface area (TPSA) is 3.24 Å². The standard InChI is InChI=1S/C16H35N/c1-7-8-9-10-11-16(6)17(12-14(2)3)13-15(4)5/h14-16H,7-13H2,1-6H3. The van der Waals surface area contributed by atoms with Gasteiger partial charge in [0.1, 0.15) is 0 Å². The van der Waals surface area contributed by atoms with E-state index in [-0.39, 0.29) is 0 Å². The first-order chi connectivity index (χ1) is 7.97. The molecule has 0 aromatic heterocycles. The molecule has 0 aromatic rings. The van der Waals surface area contributed by atoms with Crippen molar-refractivity contribution in [3.8, 4) is 0 Å². The highest BCUT2D eigenvalue weighted by molar-refractivity contribution is 4.70. The maximum absolute atomic E-state index is 2.70. The summed E-state index contributed by atoms with van der Waals surface area (Å²) >= 11 is 0. The molecule has 0 aliphatic heterocycles. The first-order valence-electron chi connectivity index (χ1n) is 7.71. The van der Waals surface area contributed by atoms with E-state index in [1.54, 1.807) is 0 Å². The molecule has 0 bridgehead atoms. The average Bonchev–Trinajstić information content (AvgIpc) is 2.22. The molecule has 0 saturated heterocycles. The van der Waals surface area contributed by atoms with E-state index in [4.69, 9.17) is 0 Å². The number of hydrogen-bond acceptors (Lipinski definition) is 1. The Morgan fingerprint density at radius 2 is 1.29 bits per heavy atom. The molecule has 1 nitrogen and oxygen atoms in total. The van der Waals surface area contributed by atoms with Crippen molar-refractivity contribution in [2.24, 2.45) is 11.8 Å². The fraction of sp³-hybridized carbons (Fsp3) is 1.00. The van der Waals surface area contributed by atoms with E-state index in [0.717, 1.165) is 17.9 Å². The molecule has 17 heavy (non-hydrogen) atoms. The molecule has 0 amide bonds. The van der Waals surface area contributed by atoms with Crippen LogP contribution in [0.4, 0.5) is 0 Å². The molecule has 0 aliphatic carbocycles. The second kappa shape index (κ2) is 9.94. The van der Waals surface area contributed by atoms with Gasteiger partial charge >= 0.3 is 0 Å². The van der Waals surface area contributed by atoms with Gasteiger partial charge in [0, 0.05) is 19.1 Å². The molecule has 0 N–H and O–H groups in total. The fourth-order valence-electron chi connectivity index (χ4n) is 2.42. The lowest BCUT2D eigenvalue weighted by molar-refractivity contribution is 0.157. The Morgan fingerprint density at radius 3 is 1.71 bits per heavy atom. The molecule has 0 saturated carbocycles. The summed E-state index contributed by atoms with van der Waals surface area (Å²) in [6.07, 6.45) is 6.94. The van der Waals surface area contributed by atoms with Crippen LogP contribution in [-0.2, 0) is 0 Å². The zero-order valence-corrected chi connectivity index (χ0v) is 13.1. The van der Waals surface area contributed by atoms with Crippen molar-refractivity contribution in [3.05, 3.63) is 0 Å². The zero-order chi connectivity index (χ0) is 13.3. The van der Waals surface area contributed by atoms with Crippen molar-refractivity contribution >= 4 is 0 Å². The monoisotopic (exact) mass is 241 g/mol. The fourth-order valence-corrected chi connectivity index (χ4v) is 2.42. The molecule has 104 valence electrons. The smallest absolute Gasteiger partial charge is 0.00671 e. The van der Waals surface area contributed by atoms with Crippen LogP contribution in [0, 0.1) is 11.8 Å². The zero-order valence-electron chi connectivity index (χ0n) is 13.1. The largest absolute Gasteiger partial charge is 0.300 e. The first kappa shape index (κ1) is 17.0. The van der Waals surface area contributed by atoms with Crippen molar-refractivity contribution in [2.45, 2.75) is 79.7 Å². The minimum absolute atomic E-state index is 0.761. The van der Waals surface area contributed by atoms with Gasteiger partial charge in [-0.3, -0.25) is 0 Å². The Balaban J connectivity index is 3.98. The third-order valence-electron chi connectivity index (χ3n) is 3.30. The predicted octanol–water partition coefficient (Wildman–Crippen LogP) is 4.96. The van der Waals surface area contributed by atoms with Crippen LogP contribution in [0.3, 0.4) is 0 Å². The summed E-state index contributed by atoms with van der Waals surface area (Å²) < 4.78 is 0. The van der Waals surface area contributed by atoms with Crippen LogP contribution >= 0.6 is 0 Å². The summed E-state index contributed by atoms with van der Waals surface area (Å²) in [5.41, 5.74) is 0. The second-order valence-corrected chi connectivity index (χ2v) is 6.44. The average molecular weight is 241 g/mol. The molecule has 1 heteroatoms. The van der Waals surface area contributed by atoms with Gasteiger partial charge < -0.3 is 4.90 Å². The summed E-state index contributed by atoms with van der Waals surface area (Å²) in [5, 5.41) is 0. The van der Waals surface area contributed by atoms with Gasteiger partial charge in [-0.1, -0.05) is 60.3 Å². The van der Waals surface area contributed by atoms with Crippen molar-refractivity contribution in [1.29, 1.82) is 0 Å². The highest BCUT2D eigenvalue weighted by Crippen LogP contribution is 2.14. The van der Waals surface area contributed by atoms with Crippen LogP contribution in [0.2, 0.25) is 0 Å². The lowest BCUT2D eigenvalue weighted by Gasteiger charge is -2.32. The summed E-state index contributed by atoms with van der Waals surface area (Å²) in [6, 6.07) is 0.761. The summed E-state index contributed by atoms with van der Waals surface area (Å²) in [7, 11) is 0. The lowest BCUT2D eigenvalue weighted by Crippen LogP contribution is -2.38. The molecule has 0 radical (unpaired) electrons. The highest BCUT2D eigenvalue weighted by Gasteiger charge is 2.15. The normalized spacial score (nSPS) is 13.9. The molecule has 0 fully saturated rings. The van der Waals surface area contributed by atoms with E-state index in [1.165, 1.54) is 45.2 Å². The van der Waals surface area contributed by atoms with E-state index in [1.807, 2.05) is 0 Å². The third-order valence-corrected chi connectivity index (χ3v) is 3.30. The minimum Gasteiger partial charge on any atom is -0.300 e. The molecule has 0 spiro atoms. The SMILES string of the molecule is CCCCCCC(C)N(CC(C)C)CC(C)C. The minimum atomic E-state index is 0.761. The van der Waals surface area contributed by atoms with Crippen LogP contribution in [-0.4, -0.2) is 24.0 Å². The van der Waals surface area contributed by atoms with E-state index >= 15 is 0 Å². The van der Waals surface area contributed by atoms with E-state index in [9.17, 15) is 0 Å². The lowest BCUT2D eigenvalue weighted by atomic mass is 10.0. The molecule has 0 aliphatic rings. The van der Waals surface area contributed by atoms with E-state index < -0.39 is 0 Å². The molecule has 1 unspecified atom stereocenters. The van der Waals surface area contributed by atoms with Crippen LogP contribution < -0.4 is 0 Å². The molecule has 0 heterocycles. The van der Waals surface area contributed by atoms with Crippen molar-refractivity contribution in [1.82, 2.24) is 4.90 Å². The summed E-state index contributed by atoms with van der Waals surface area (Å²) in [6.45, 7) is 16.5. The number of unbranched alkanes of at least 4 members (excludes halogenated alkanes) is 3. The Labute approximate surface area is 110 Å². The van der Waals surface area contributed by atoms with Crippen LogP contribution in [0.15, 0.2) is 0 Å². The Kier molecular flexibility index (Phi) is 9.91. The molecule has 0 rings (SSSR count). The quantitative estimate of drug-likeness (QED) is 0.489. The number of hydrogen-bond donors (Lipinski definition) is 0. The van der Waals surface area contributed by atoms with Crippen molar-refractivity contribution < 1.29 is 0 Å². The van der Waals surface area contributed by atoms with E-state index in [2.05, 4.69) is 46.4 Å². The van der Waals surface area contributed by atoms with Gasteiger partial charge in [-0.25, -0.2) is 0 Å². The van der Waals surface area contributed by atoms with Crippen molar-refractivity contribution in [3.63, 3.8) is 0 Å². The van der Waals surface area contributed by atoms with Crippen molar-refractivity contribution in [2.75, 3.05) is 13.1 Å². The molecule has 1 atom stereocenters. The van der Waals surface area contributed by atoms with Gasteiger partial charge in [-0.05, 0) is 25.2 Å². The van der Waals surface area contributed by atoms with Gasteiger partial charge in [-0.2, -0.15) is 0 Å².